The van der Waals surface area contributed by atoms with E-state index in [-0.39, 0.29) is 11.7 Å². The lowest BCUT2D eigenvalue weighted by molar-refractivity contribution is -0.130. The molecule has 0 aliphatic carbocycles. The Morgan fingerprint density at radius 1 is 1.33 bits per heavy atom. The molecule has 0 spiro atoms. The normalized spacial score (nSPS) is 10.7. The summed E-state index contributed by atoms with van der Waals surface area (Å²) in [5, 5.41) is 12.4. The molecule has 0 unspecified atom stereocenters. The van der Waals surface area contributed by atoms with Crippen molar-refractivity contribution in [1.29, 1.82) is 0 Å². The van der Waals surface area contributed by atoms with Crippen molar-refractivity contribution in [3.63, 3.8) is 0 Å². The lowest BCUT2D eigenvalue weighted by Gasteiger charge is -2.18. The van der Waals surface area contributed by atoms with E-state index in [4.69, 9.17) is 0 Å². The standard InChI is InChI=1S/C14H22N2O2/c1-11(2)15-9-8-14(18)16(3)10-12-4-6-13(17)7-5-12/h4-7,11,15,17H,8-10H2,1-3H3. The highest BCUT2D eigenvalue weighted by molar-refractivity contribution is 5.76. The van der Waals surface area contributed by atoms with Crippen molar-refractivity contribution in [2.75, 3.05) is 13.6 Å². The molecule has 18 heavy (non-hydrogen) atoms. The summed E-state index contributed by atoms with van der Waals surface area (Å²) in [7, 11) is 1.80. The van der Waals surface area contributed by atoms with Crippen LogP contribution in [0.4, 0.5) is 0 Å². The summed E-state index contributed by atoms with van der Waals surface area (Å²) in [6.07, 6.45) is 0.507. The second-order valence-electron chi connectivity index (χ2n) is 4.78. The third-order valence-corrected chi connectivity index (χ3v) is 2.67. The molecule has 1 aromatic carbocycles. The van der Waals surface area contributed by atoms with Gasteiger partial charge in [0.1, 0.15) is 5.75 Å². The van der Waals surface area contributed by atoms with Gasteiger partial charge in [-0.1, -0.05) is 26.0 Å². The zero-order chi connectivity index (χ0) is 13.5. The van der Waals surface area contributed by atoms with Crippen molar-refractivity contribution < 1.29 is 9.90 Å². The Morgan fingerprint density at radius 3 is 2.50 bits per heavy atom. The monoisotopic (exact) mass is 250 g/mol. The van der Waals surface area contributed by atoms with Gasteiger partial charge in [0.2, 0.25) is 5.91 Å². The van der Waals surface area contributed by atoms with Gasteiger partial charge in [-0.25, -0.2) is 0 Å². The Kier molecular flexibility index (Phi) is 5.65. The predicted octanol–water partition coefficient (Wildman–Crippen LogP) is 1.74. The van der Waals surface area contributed by atoms with Crippen molar-refractivity contribution in [2.24, 2.45) is 0 Å². The van der Waals surface area contributed by atoms with Crippen molar-refractivity contribution in [3.8, 4) is 5.75 Å². The number of aromatic hydroxyl groups is 1. The molecule has 0 bridgehead atoms. The summed E-state index contributed by atoms with van der Waals surface area (Å²) in [4.78, 5) is 13.5. The molecule has 4 heteroatoms. The minimum Gasteiger partial charge on any atom is -0.508 e. The van der Waals surface area contributed by atoms with Gasteiger partial charge in [-0.05, 0) is 17.7 Å². The number of carbonyl (C=O) groups excluding carboxylic acids is 1. The molecule has 0 radical (unpaired) electrons. The van der Waals surface area contributed by atoms with Gasteiger partial charge in [0, 0.05) is 32.6 Å². The summed E-state index contributed by atoms with van der Waals surface area (Å²) >= 11 is 0. The van der Waals surface area contributed by atoms with Crippen LogP contribution >= 0.6 is 0 Å². The van der Waals surface area contributed by atoms with Crippen LogP contribution in [0.1, 0.15) is 25.8 Å². The van der Waals surface area contributed by atoms with E-state index in [0.717, 1.165) is 5.56 Å². The molecule has 4 nitrogen and oxygen atoms in total. The van der Waals surface area contributed by atoms with E-state index in [1.807, 2.05) is 12.1 Å². The van der Waals surface area contributed by atoms with E-state index in [2.05, 4.69) is 19.2 Å². The van der Waals surface area contributed by atoms with Crippen LogP contribution in [0.25, 0.3) is 0 Å². The van der Waals surface area contributed by atoms with Crippen LogP contribution in [0.5, 0.6) is 5.75 Å². The van der Waals surface area contributed by atoms with Crippen LogP contribution in [-0.4, -0.2) is 35.5 Å². The van der Waals surface area contributed by atoms with Crippen LogP contribution in [0.15, 0.2) is 24.3 Å². The van der Waals surface area contributed by atoms with Gasteiger partial charge in [0.25, 0.3) is 0 Å². The first-order valence-electron chi connectivity index (χ1n) is 6.24. The lowest BCUT2D eigenvalue weighted by Crippen LogP contribution is -2.31. The second kappa shape index (κ2) is 7.01. The van der Waals surface area contributed by atoms with E-state index >= 15 is 0 Å². The van der Waals surface area contributed by atoms with Gasteiger partial charge in [-0.2, -0.15) is 0 Å². The molecular formula is C14H22N2O2. The van der Waals surface area contributed by atoms with Gasteiger partial charge < -0.3 is 15.3 Å². The van der Waals surface area contributed by atoms with Crippen LogP contribution in [0.3, 0.4) is 0 Å². The maximum Gasteiger partial charge on any atom is 0.223 e. The highest BCUT2D eigenvalue weighted by Gasteiger charge is 2.09. The number of phenols is 1. The molecule has 0 fully saturated rings. The Morgan fingerprint density at radius 2 is 1.94 bits per heavy atom. The third kappa shape index (κ3) is 5.19. The van der Waals surface area contributed by atoms with Gasteiger partial charge in [0.05, 0.1) is 0 Å². The SMILES string of the molecule is CC(C)NCCC(=O)N(C)Cc1ccc(O)cc1. The summed E-state index contributed by atoms with van der Waals surface area (Å²) in [5.41, 5.74) is 1.01. The van der Waals surface area contributed by atoms with Gasteiger partial charge in [-0.15, -0.1) is 0 Å². The predicted molar refractivity (Wildman–Crippen MR) is 72.3 cm³/mol. The molecule has 1 amide bonds. The summed E-state index contributed by atoms with van der Waals surface area (Å²) in [6.45, 7) is 5.40. The summed E-state index contributed by atoms with van der Waals surface area (Å²) in [5.74, 6) is 0.366. The molecule has 0 aromatic heterocycles. The Labute approximate surface area is 109 Å². The highest BCUT2D eigenvalue weighted by atomic mass is 16.3. The number of nitrogens with one attached hydrogen (secondary N) is 1. The summed E-state index contributed by atoms with van der Waals surface area (Å²) in [6, 6.07) is 7.32. The topological polar surface area (TPSA) is 52.6 Å². The van der Waals surface area contributed by atoms with Gasteiger partial charge in [-0.3, -0.25) is 4.79 Å². The fraction of sp³-hybridized carbons (Fsp3) is 0.500. The third-order valence-electron chi connectivity index (χ3n) is 2.67. The van der Waals surface area contributed by atoms with Crippen LogP contribution < -0.4 is 5.32 Å². The Hall–Kier alpha value is -1.55. The van der Waals surface area contributed by atoms with E-state index in [1.165, 1.54) is 0 Å². The Balaban J connectivity index is 2.37. The van der Waals surface area contributed by atoms with Gasteiger partial charge in [0.15, 0.2) is 0 Å². The minimum absolute atomic E-state index is 0.122. The fourth-order valence-corrected chi connectivity index (χ4v) is 1.62. The first-order chi connectivity index (χ1) is 8.49. The quantitative estimate of drug-likeness (QED) is 0.808. The second-order valence-corrected chi connectivity index (χ2v) is 4.78. The number of benzene rings is 1. The molecular weight excluding hydrogens is 228 g/mol. The van der Waals surface area contributed by atoms with E-state index in [9.17, 15) is 9.90 Å². The average Bonchev–Trinajstić information content (AvgIpc) is 2.31. The molecule has 1 aromatic rings. The maximum absolute atomic E-state index is 11.8. The molecule has 0 atom stereocenters. The zero-order valence-corrected chi connectivity index (χ0v) is 11.3. The van der Waals surface area contributed by atoms with Crippen molar-refractivity contribution in [2.45, 2.75) is 32.9 Å². The number of hydrogen-bond acceptors (Lipinski definition) is 3. The fourth-order valence-electron chi connectivity index (χ4n) is 1.62. The molecule has 100 valence electrons. The number of nitrogens with zero attached hydrogens (tertiary/aromatic N) is 1. The molecule has 1 rings (SSSR count). The lowest BCUT2D eigenvalue weighted by atomic mass is 10.2. The number of carbonyl (C=O) groups is 1. The number of phenolic OH excluding ortho intramolecular Hbond substituents is 1. The molecule has 0 aliphatic rings. The largest absolute Gasteiger partial charge is 0.508 e. The summed E-state index contributed by atoms with van der Waals surface area (Å²) < 4.78 is 0. The minimum atomic E-state index is 0.122. The van der Waals surface area contributed by atoms with E-state index in [1.54, 1.807) is 24.1 Å². The smallest absolute Gasteiger partial charge is 0.223 e. The van der Waals surface area contributed by atoms with Crippen molar-refractivity contribution >= 4 is 5.91 Å². The molecule has 0 saturated carbocycles. The zero-order valence-electron chi connectivity index (χ0n) is 11.3. The van der Waals surface area contributed by atoms with Crippen molar-refractivity contribution in [1.82, 2.24) is 10.2 Å². The first-order valence-corrected chi connectivity index (χ1v) is 6.24. The maximum atomic E-state index is 11.8. The number of amides is 1. The Bertz CT molecular complexity index is 374. The molecule has 0 saturated heterocycles. The van der Waals surface area contributed by atoms with Crippen LogP contribution in [0.2, 0.25) is 0 Å². The number of hydrogen-bond donors (Lipinski definition) is 2. The average molecular weight is 250 g/mol. The van der Waals surface area contributed by atoms with E-state index < -0.39 is 0 Å². The van der Waals surface area contributed by atoms with E-state index in [0.29, 0.717) is 25.6 Å². The highest BCUT2D eigenvalue weighted by Crippen LogP contribution is 2.11. The number of rotatable bonds is 6. The molecule has 0 aliphatic heterocycles. The van der Waals surface area contributed by atoms with Crippen molar-refractivity contribution in [3.05, 3.63) is 29.8 Å². The molecule has 2 N–H and O–H groups in total. The molecule has 0 heterocycles. The van der Waals surface area contributed by atoms with Crippen LogP contribution in [-0.2, 0) is 11.3 Å². The van der Waals surface area contributed by atoms with Gasteiger partial charge >= 0.3 is 0 Å². The first kappa shape index (κ1) is 14.5. The van der Waals surface area contributed by atoms with Crippen LogP contribution in [0, 0.1) is 0 Å².